The number of aryl methyl sites for hydroxylation is 1. The van der Waals surface area contributed by atoms with Gasteiger partial charge < -0.3 is 24.1 Å². The summed E-state index contributed by atoms with van der Waals surface area (Å²) in [6, 6.07) is 20.3. The van der Waals surface area contributed by atoms with Crippen LogP contribution in [0.3, 0.4) is 0 Å². The number of hydrogen-bond donors (Lipinski definition) is 1. The summed E-state index contributed by atoms with van der Waals surface area (Å²) < 4.78 is 22.1. The molecule has 43 heavy (non-hydrogen) atoms. The normalized spacial score (nSPS) is 17.2. The maximum Gasteiger partial charge on any atom is 0.350 e. The predicted molar refractivity (Wildman–Crippen MR) is 158 cm³/mol. The van der Waals surface area contributed by atoms with Gasteiger partial charge in [-0.05, 0) is 48.4 Å². The molecule has 1 atom stereocenters. The van der Waals surface area contributed by atoms with Crippen LogP contribution in [0.15, 0.2) is 78.4 Å². The van der Waals surface area contributed by atoms with Gasteiger partial charge in [-0.2, -0.15) is 0 Å². The van der Waals surface area contributed by atoms with E-state index < -0.39 is 23.7 Å². The highest BCUT2D eigenvalue weighted by molar-refractivity contribution is 7.17. The van der Waals surface area contributed by atoms with Gasteiger partial charge in [-0.3, -0.25) is 14.5 Å². The summed E-state index contributed by atoms with van der Waals surface area (Å²) in [6.45, 7) is 2.65. The maximum atomic E-state index is 13.6. The van der Waals surface area contributed by atoms with E-state index in [4.69, 9.17) is 18.9 Å². The number of amides is 1. The highest BCUT2D eigenvalue weighted by atomic mass is 32.1. The molecular formula is C32H26N2O8S. The van der Waals surface area contributed by atoms with Crippen molar-refractivity contribution in [2.75, 3.05) is 25.2 Å². The minimum absolute atomic E-state index is 0.113. The number of aliphatic hydroxyl groups excluding tert-OH is 1. The number of benzene rings is 3. The largest absolute Gasteiger partial charge is 0.507 e. The van der Waals surface area contributed by atoms with E-state index in [-0.39, 0.29) is 26.9 Å². The first-order valence-electron chi connectivity index (χ1n) is 13.4. The van der Waals surface area contributed by atoms with Crippen molar-refractivity contribution in [3.05, 3.63) is 106 Å². The summed E-state index contributed by atoms with van der Waals surface area (Å²) in [5.74, 6) is -1.38. The van der Waals surface area contributed by atoms with Gasteiger partial charge in [-0.25, -0.2) is 9.78 Å². The highest BCUT2D eigenvalue weighted by Crippen LogP contribution is 2.45. The van der Waals surface area contributed by atoms with Gasteiger partial charge in [0.1, 0.15) is 36.2 Å². The number of carbonyl (C=O) groups excluding carboxylic acids is 3. The summed E-state index contributed by atoms with van der Waals surface area (Å²) in [5, 5.41) is 11.7. The van der Waals surface area contributed by atoms with Crippen LogP contribution >= 0.6 is 11.3 Å². The molecule has 10 nitrogen and oxygen atoms in total. The number of aromatic nitrogens is 1. The third-order valence-corrected chi connectivity index (χ3v) is 8.18. The zero-order valence-corrected chi connectivity index (χ0v) is 24.1. The van der Waals surface area contributed by atoms with Gasteiger partial charge in [0.05, 0.1) is 24.4 Å². The van der Waals surface area contributed by atoms with Crippen LogP contribution in [0.2, 0.25) is 0 Å². The van der Waals surface area contributed by atoms with E-state index in [0.717, 1.165) is 16.9 Å². The molecule has 2 aliphatic rings. The Balaban J connectivity index is 1.46. The zero-order valence-electron chi connectivity index (χ0n) is 23.2. The Hall–Kier alpha value is -5.16. The molecule has 0 saturated carbocycles. The van der Waals surface area contributed by atoms with Crippen LogP contribution in [0.25, 0.3) is 5.76 Å². The topological polar surface area (TPSA) is 124 Å². The molecule has 1 unspecified atom stereocenters. The van der Waals surface area contributed by atoms with Crippen LogP contribution in [0.5, 0.6) is 17.2 Å². The number of esters is 1. The van der Waals surface area contributed by atoms with Crippen LogP contribution < -0.4 is 19.1 Å². The molecule has 3 aromatic carbocycles. The van der Waals surface area contributed by atoms with E-state index in [0.29, 0.717) is 48.3 Å². The fourth-order valence-corrected chi connectivity index (χ4v) is 5.99. The summed E-state index contributed by atoms with van der Waals surface area (Å²) in [5.41, 5.74) is 1.94. The minimum Gasteiger partial charge on any atom is -0.507 e. The molecule has 1 aromatic heterocycles. The molecule has 0 radical (unpaired) electrons. The zero-order chi connectivity index (χ0) is 30.1. The van der Waals surface area contributed by atoms with Gasteiger partial charge in [0.15, 0.2) is 16.6 Å². The molecule has 0 aliphatic carbocycles. The molecule has 218 valence electrons. The third-order valence-electron chi connectivity index (χ3n) is 7.04. The molecule has 4 aromatic rings. The Morgan fingerprint density at radius 2 is 1.79 bits per heavy atom. The van der Waals surface area contributed by atoms with Crippen LogP contribution in [0.4, 0.5) is 5.13 Å². The van der Waals surface area contributed by atoms with Gasteiger partial charge in [-0.15, -0.1) is 0 Å². The molecule has 1 saturated heterocycles. The van der Waals surface area contributed by atoms with Crippen molar-refractivity contribution in [1.82, 2.24) is 4.98 Å². The second kappa shape index (κ2) is 11.6. The van der Waals surface area contributed by atoms with Gasteiger partial charge >= 0.3 is 11.9 Å². The molecule has 1 N–H and O–H groups in total. The summed E-state index contributed by atoms with van der Waals surface area (Å²) in [7, 11) is 1.25. The van der Waals surface area contributed by atoms with Gasteiger partial charge in [0.2, 0.25) is 0 Å². The van der Waals surface area contributed by atoms with Crippen molar-refractivity contribution in [1.29, 1.82) is 0 Å². The molecule has 3 heterocycles. The third kappa shape index (κ3) is 5.30. The Bertz CT molecular complexity index is 1760. The fraction of sp³-hybridized carbons (Fsp3) is 0.188. The Morgan fingerprint density at radius 1 is 1.02 bits per heavy atom. The number of ether oxygens (including phenoxy) is 4. The second-order valence-electron chi connectivity index (χ2n) is 9.78. The number of carbonyl (C=O) groups is 3. The first-order valence-corrected chi connectivity index (χ1v) is 14.2. The number of hydrogen-bond acceptors (Lipinski definition) is 10. The number of nitrogens with zero attached hydrogens (tertiary/aromatic N) is 2. The average Bonchev–Trinajstić information content (AvgIpc) is 3.55. The Morgan fingerprint density at radius 3 is 2.56 bits per heavy atom. The second-order valence-corrected chi connectivity index (χ2v) is 10.8. The Kier molecular flexibility index (Phi) is 7.56. The lowest BCUT2D eigenvalue weighted by atomic mass is 9.95. The summed E-state index contributed by atoms with van der Waals surface area (Å²) in [4.78, 5) is 45.5. The molecule has 11 heteroatoms. The lowest BCUT2D eigenvalue weighted by molar-refractivity contribution is -0.132. The standard InChI is InChI=1S/C32H26N2O8S/c1-18-29(31(38)39-2)43-32(33-18)34-26(20-9-6-10-22(15-20)42-17-19-7-4-3-5-8-19)25(28(36)30(34)37)27(35)21-11-12-23-24(16-21)41-14-13-40-23/h3-12,15-16,26,35H,13-14,17H2,1-2H3/b27-25+. The van der Waals surface area contributed by atoms with Gasteiger partial charge in [-0.1, -0.05) is 53.8 Å². The van der Waals surface area contributed by atoms with Gasteiger partial charge in [0.25, 0.3) is 5.78 Å². The molecule has 2 aliphatic heterocycles. The molecule has 0 spiro atoms. The van der Waals surface area contributed by atoms with Crippen molar-refractivity contribution in [3.63, 3.8) is 0 Å². The Labute approximate surface area is 250 Å². The van der Waals surface area contributed by atoms with Crippen LogP contribution in [-0.4, -0.2) is 48.1 Å². The SMILES string of the molecule is COC(=O)c1sc(N2C(=O)C(=O)/C(=C(/O)c3ccc4c(c3)OCCO4)C2c2cccc(OCc3ccccc3)c2)nc1C. The van der Waals surface area contributed by atoms with Crippen molar-refractivity contribution < 1.29 is 38.4 Å². The number of rotatable bonds is 7. The van der Waals surface area contributed by atoms with Crippen molar-refractivity contribution in [2.24, 2.45) is 0 Å². The van der Waals surface area contributed by atoms with E-state index in [1.807, 2.05) is 30.3 Å². The number of ketones is 1. The van der Waals surface area contributed by atoms with E-state index in [1.54, 1.807) is 49.4 Å². The molecule has 1 amide bonds. The average molecular weight is 599 g/mol. The number of methoxy groups -OCH3 is 1. The minimum atomic E-state index is -1.08. The van der Waals surface area contributed by atoms with E-state index in [1.165, 1.54) is 12.0 Å². The first kappa shape index (κ1) is 28.0. The van der Waals surface area contributed by atoms with Crippen LogP contribution in [0.1, 0.15) is 38.1 Å². The lowest BCUT2D eigenvalue weighted by Gasteiger charge is -2.24. The quantitative estimate of drug-likeness (QED) is 0.132. The van der Waals surface area contributed by atoms with Crippen LogP contribution in [-0.2, 0) is 20.9 Å². The van der Waals surface area contributed by atoms with Crippen molar-refractivity contribution in [3.8, 4) is 17.2 Å². The number of Topliss-reactive ketones (excluding diaryl/α,β-unsaturated/α-hetero) is 1. The number of thiazole rings is 1. The molecule has 1 fully saturated rings. The summed E-state index contributed by atoms with van der Waals surface area (Å²) in [6.07, 6.45) is 0. The first-order chi connectivity index (χ1) is 20.9. The monoisotopic (exact) mass is 598 g/mol. The van der Waals surface area contributed by atoms with Crippen LogP contribution in [0, 0.1) is 6.92 Å². The smallest absolute Gasteiger partial charge is 0.350 e. The molecular weight excluding hydrogens is 572 g/mol. The van der Waals surface area contributed by atoms with Crippen molar-refractivity contribution >= 4 is 39.9 Å². The van der Waals surface area contributed by atoms with E-state index >= 15 is 0 Å². The molecule has 0 bridgehead atoms. The number of anilines is 1. The summed E-state index contributed by atoms with van der Waals surface area (Å²) >= 11 is 0.929. The number of aliphatic hydroxyl groups is 1. The van der Waals surface area contributed by atoms with Crippen molar-refractivity contribution in [2.45, 2.75) is 19.6 Å². The fourth-order valence-electron chi connectivity index (χ4n) is 4.97. The maximum absolute atomic E-state index is 13.6. The van der Waals surface area contributed by atoms with E-state index in [2.05, 4.69) is 4.98 Å². The highest BCUT2D eigenvalue weighted by Gasteiger charge is 2.48. The van der Waals surface area contributed by atoms with E-state index in [9.17, 15) is 19.5 Å². The number of fused-ring (bicyclic) bond motifs is 1. The predicted octanol–water partition coefficient (Wildman–Crippen LogP) is 5.21. The van der Waals surface area contributed by atoms with Gasteiger partial charge in [0, 0.05) is 5.56 Å². The lowest BCUT2D eigenvalue weighted by Crippen LogP contribution is -2.29. The molecule has 6 rings (SSSR count).